The molecule has 0 atom stereocenters. The number of hydrogen-bond acceptors (Lipinski definition) is 6. The van der Waals surface area contributed by atoms with E-state index in [0.717, 1.165) is 24.3 Å². The van der Waals surface area contributed by atoms with Crippen molar-refractivity contribution in [2.24, 2.45) is 0 Å². The number of ketones is 1. The second-order valence-corrected chi connectivity index (χ2v) is 5.52. The largest absolute Gasteiger partial charge is 0.493 e. The monoisotopic (exact) mass is 411 g/mol. The highest BCUT2D eigenvalue weighted by atomic mass is 19.3. The van der Waals surface area contributed by atoms with E-state index in [1.54, 1.807) is 0 Å². The molecule has 0 aliphatic rings. The van der Waals surface area contributed by atoms with Crippen LogP contribution in [0.4, 0.5) is 13.2 Å². The number of carbonyl (C=O) groups is 3. The molecule has 0 aliphatic carbocycles. The van der Waals surface area contributed by atoms with Crippen molar-refractivity contribution in [1.29, 1.82) is 0 Å². The third-order valence-electron chi connectivity index (χ3n) is 3.57. The Morgan fingerprint density at radius 1 is 1.00 bits per heavy atom. The number of esters is 1. The Morgan fingerprint density at radius 3 is 2.28 bits per heavy atom. The molecule has 29 heavy (non-hydrogen) atoms. The maximum absolute atomic E-state index is 12.8. The van der Waals surface area contributed by atoms with Crippen molar-refractivity contribution < 1.29 is 41.8 Å². The van der Waals surface area contributed by atoms with E-state index in [9.17, 15) is 27.6 Å². The van der Waals surface area contributed by atoms with Gasteiger partial charge in [0, 0.05) is 11.1 Å². The first-order valence-corrected chi connectivity index (χ1v) is 8.15. The van der Waals surface area contributed by atoms with E-state index in [1.807, 2.05) is 0 Å². The molecule has 0 saturated carbocycles. The van der Waals surface area contributed by atoms with Crippen LogP contribution < -0.4 is 14.8 Å². The summed E-state index contributed by atoms with van der Waals surface area (Å²) in [5.41, 5.74) is 0.195. The number of ether oxygens (including phenoxy) is 3. The van der Waals surface area contributed by atoms with E-state index in [4.69, 9.17) is 9.47 Å². The van der Waals surface area contributed by atoms with Crippen LogP contribution in [0, 0.1) is 5.82 Å². The zero-order valence-corrected chi connectivity index (χ0v) is 15.1. The van der Waals surface area contributed by atoms with Gasteiger partial charge in [-0.1, -0.05) is 0 Å². The summed E-state index contributed by atoms with van der Waals surface area (Å²) in [6.45, 7) is -4.17. The number of amides is 1. The molecule has 7 nitrogen and oxygen atoms in total. The summed E-state index contributed by atoms with van der Waals surface area (Å²) in [5, 5.41) is 2.26. The van der Waals surface area contributed by atoms with Crippen molar-refractivity contribution in [2.75, 3.05) is 20.3 Å². The number of rotatable bonds is 9. The zero-order chi connectivity index (χ0) is 21.4. The maximum Gasteiger partial charge on any atom is 0.387 e. The van der Waals surface area contributed by atoms with E-state index in [-0.39, 0.29) is 22.6 Å². The molecule has 1 amide bonds. The second-order valence-electron chi connectivity index (χ2n) is 5.52. The third-order valence-corrected chi connectivity index (χ3v) is 3.57. The molecule has 0 aliphatic heterocycles. The molecule has 0 radical (unpaired) electrons. The standard InChI is InChI=1S/C19H16F3NO6/c1-27-16-8-12(4-7-15(16)29-19(21)22)18(26)23-9-17(25)28-10-14(24)11-2-5-13(20)6-3-11/h2-8,19H,9-10H2,1H3,(H,23,26). The number of halogens is 3. The SMILES string of the molecule is COc1cc(C(=O)NCC(=O)OCC(=O)c2ccc(F)cc2)ccc1OC(F)F. The Kier molecular flexibility index (Phi) is 7.58. The summed E-state index contributed by atoms with van der Waals surface area (Å²) in [7, 11) is 1.21. The summed E-state index contributed by atoms with van der Waals surface area (Å²) in [6, 6.07) is 8.20. The van der Waals surface area contributed by atoms with Gasteiger partial charge in [-0.05, 0) is 42.5 Å². The summed E-state index contributed by atoms with van der Waals surface area (Å²) in [6.07, 6.45) is 0. The lowest BCUT2D eigenvalue weighted by atomic mass is 10.1. The van der Waals surface area contributed by atoms with E-state index in [2.05, 4.69) is 10.1 Å². The highest BCUT2D eigenvalue weighted by Crippen LogP contribution is 2.29. The number of hydrogen-bond donors (Lipinski definition) is 1. The van der Waals surface area contributed by atoms with Crippen LogP contribution in [-0.4, -0.2) is 44.5 Å². The Bertz CT molecular complexity index is 886. The summed E-state index contributed by atoms with van der Waals surface area (Å²) >= 11 is 0. The Hall–Kier alpha value is -3.56. The minimum Gasteiger partial charge on any atom is -0.493 e. The van der Waals surface area contributed by atoms with Crippen LogP contribution in [-0.2, 0) is 9.53 Å². The lowest BCUT2D eigenvalue weighted by Gasteiger charge is -2.11. The van der Waals surface area contributed by atoms with Gasteiger partial charge in [-0.3, -0.25) is 14.4 Å². The lowest BCUT2D eigenvalue weighted by molar-refractivity contribution is -0.141. The van der Waals surface area contributed by atoms with Gasteiger partial charge in [-0.25, -0.2) is 4.39 Å². The van der Waals surface area contributed by atoms with Crippen molar-refractivity contribution >= 4 is 17.7 Å². The normalized spacial score (nSPS) is 10.4. The topological polar surface area (TPSA) is 90.9 Å². The first-order chi connectivity index (χ1) is 13.8. The Morgan fingerprint density at radius 2 is 1.66 bits per heavy atom. The van der Waals surface area contributed by atoms with E-state index in [0.29, 0.717) is 0 Å². The molecule has 2 rings (SSSR count). The van der Waals surface area contributed by atoms with Crippen molar-refractivity contribution in [2.45, 2.75) is 6.61 Å². The minimum absolute atomic E-state index is 0.0265. The maximum atomic E-state index is 12.8. The van der Waals surface area contributed by atoms with Crippen LogP contribution in [0.15, 0.2) is 42.5 Å². The van der Waals surface area contributed by atoms with Gasteiger partial charge in [0.05, 0.1) is 7.11 Å². The summed E-state index contributed by atoms with van der Waals surface area (Å²) in [4.78, 5) is 35.6. The second kappa shape index (κ2) is 10.1. The Balaban J connectivity index is 1.85. The molecule has 0 spiro atoms. The van der Waals surface area contributed by atoms with Crippen LogP contribution in [0.2, 0.25) is 0 Å². The molecule has 0 unspecified atom stereocenters. The fraction of sp³-hybridized carbons (Fsp3) is 0.211. The van der Waals surface area contributed by atoms with Crippen LogP contribution in [0.5, 0.6) is 11.5 Å². The van der Waals surface area contributed by atoms with Gasteiger partial charge in [0.25, 0.3) is 5.91 Å². The van der Waals surface area contributed by atoms with E-state index < -0.39 is 43.2 Å². The number of benzene rings is 2. The third kappa shape index (κ3) is 6.52. The van der Waals surface area contributed by atoms with Gasteiger partial charge in [-0.2, -0.15) is 8.78 Å². The van der Waals surface area contributed by atoms with E-state index >= 15 is 0 Å². The first kappa shape index (κ1) is 21.7. The van der Waals surface area contributed by atoms with Crippen molar-refractivity contribution in [3.8, 4) is 11.5 Å². The molecule has 0 heterocycles. The van der Waals surface area contributed by atoms with Crippen molar-refractivity contribution in [3.63, 3.8) is 0 Å². The molecule has 0 bridgehead atoms. The quantitative estimate of drug-likeness (QED) is 0.504. The van der Waals surface area contributed by atoms with Gasteiger partial charge < -0.3 is 19.5 Å². The van der Waals surface area contributed by atoms with Crippen molar-refractivity contribution in [1.82, 2.24) is 5.32 Å². The Labute approximate surface area is 163 Å². The predicted octanol–water partition coefficient (Wildman–Crippen LogP) is 2.59. The van der Waals surface area contributed by atoms with Crippen LogP contribution >= 0.6 is 0 Å². The molecule has 0 aromatic heterocycles. The number of nitrogens with one attached hydrogen (secondary N) is 1. The first-order valence-electron chi connectivity index (χ1n) is 8.15. The lowest BCUT2D eigenvalue weighted by Crippen LogP contribution is -2.31. The van der Waals surface area contributed by atoms with Gasteiger partial charge >= 0.3 is 12.6 Å². The minimum atomic E-state index is -3.06. The van der Waals surface area contributed by atoms with E-state index in [1.165, 1.54) is 25.3 Å². The molecule has 154 valence electrons. The molecule has 0 fully saturated rings. The molecule has 0 saturated heterocycles. The number of carbonyl (C=O) groups excluding carboxylic acids is 3. The highest BCUT2D eigenvalue weighted by molar-refractivity contribution is 5.99. The number of alkyl halides is 2. The summed E-state index contributed by atoms with van der Waals surface area (Å²) in [5.74, 6) is -2.97. The molecular weight excluding hydrogens is 395 g/mol. The van der Waals surface area contributed by atoms with Crippen molar-refractivity contribution in [3.05, 3.63) is 59.4 Å². The zero-order valence-electron chi connectivity index (χ0n) is 15.1. The molecule has 2 aromatic rings. The fourth-order valence-corrected chi connectivity index (χ4v) is 2.17. The van der Waals surface area contributed by atoms with Crippen LogP contribution in [0.1, 0.15) is 20.7 Å². The molecular formula is C19H16F3NO6. The van der Waals surface area contributed by atoms with Gasteiger partial charge in [-0.15, -0.1) is 0 Å². The smallest absolute Gasteiger partial charge is 0.387 e. The van der Waals surface area contributed by atoms with Gasteiger partial charge in [0.15, 0.2) is 23.9 Å². The van der Waals surface area contributed by atoms with Crippen LogP contribution in [0.25, 0.3) is 0 Å². The average molecular weight is 411 g/mol. The summed E-state index contributed by atoms with van der Waals surface area (Å²) < 4.78 is 51.3. The fourth-order valence-electron chi connectivity index (χ4n) is 2.17. The molecule has 2 aromatic carbocycles. The van der Waals surface area contributed by atoms with Crippen LogP contribution in [0.3, 0.4) is 0 Å². The highest BCUT2D eigenvalue weighted by Gasteiger charge is 2.16. The molecule has 1 N–H and O–H groups in total. The average Bonchev–Trinajstić information content (AvgIpc) is 2.70. The van der Waals surface area contributed by atoms with Gasteiger partial charge in [0.1, 0.15) is 12.4 Å². The number of Topliss-reactive ketones (excluding diaryl/α,β-unsaturated/α-hetero) is 1. The molecule has 10 heteroatoms. The predicted molar refractivity (Wildman–Crippen MR) is 93.6 cm³/mol. The number of methoxy groups -OCH3 is 1. The van der Waals surface area contributed by atoms with Gasteiger partial charge in [0.2, 0.25) is 0 Å².